The van der Waals surface area contributed by atoms with Gasteiger partial charge in [0.05, 0.1) is 22.9 Å². The van der Waals surface area contributed by atoms with Crippen LogP contribution in [0.1, 0.15) is 15.9 Å². The molecule has 98 valence electrons. The minimum atomic E-state index is -0.407. The Kier molecular flexibility index (Phi) is 4.36. The van der Waals surface area contributed by atoms with E-state index < -0.39 is 5.97 Å². The van der Waals surface area contributed by atoms with Gasteiger partial charge in [-0.05, 0) is 35.9 Å². The minimum absolute atomic E-state index is 0.310. The molecule has 0 aliphatic heterocycles. The summed E-state index contributed by atoms with van der Waals surface area (Å²) in [6.45, 7) is 0.310. The molecule has 0 atom stereocenters. The highest BCUT2D eigenvalue weighted by Gasteiger charge is 2.08. The Morgan fingerprint density at radius 2 is 2.00 bits per heavy atom. The Bertz CT molecular complexity index is 573. The van der Waals surface area contributed by atoms with E-state index in [1.807, 2.05) is 12.1 Å². The molecule has 0 amide bonds. The number of nitrogens with two attached hydrogens (primary N) is 1. The quantitative estimate of drug-likeness (QED) is 0.689. The Balaban J connectivity index is 1.89. The first-order valence-corrected chi connectivity index (χ1v) is 6.15. The molecule has 0 radical (unpaired) electrons. The van der Waals surface area contributed by atoms with Crippen molar-refractivity contribution in [2.45, 2.75) is 6.42 Å². The summed E-state index contributed by atoms with van der Waals surface area (Å²) in [5.74, 6) is -0.407. The van der Waals surface area contributed by atoms with E-state index in [9.17, 15) is 4.79 Å². The van der Waals surface area contributed by atoms with E-state index in [0.717, 1.165) is 5.56 Å². The largest absolute Gasteiger partial charge is 0.462 e. The summed E-state index contributed by atoms with van der Waals surface area (Å²) in [6, 6.07) is 8.45. The van der Waals surface area contributed by atoms with Gasteiger partial charge in [-0.2, -0.15) is 0 Å². The first-order chi connectivity index (χ1) is 9.16. The monoisotopic (exact) mass is 276 g/mol. The average Bonchev–Trinajstić information content (AvgIpc) is 2.43. The van der Waals surface area contributed by atoms with Gasteiger partial charge in [0.15, 0.2) is 0 Å². The number of pyridine rings is 1. The molecule has 19 heavy (non-hydrogen) atoms. The van der Waals surface area contributed by atoms with Crippen molar-refractivity contribution in [2.75, 3.05) is 12.3 Å². The zero-order chi connectivity index (χ0) is 13.7. The first kappa shape index (κ1) is 13.4. The van der Waals surface area contributed by atoms with Crippen molar-refractivity contribution >= 4 is 23.3 Å². The fraction of sp³-hybridized carbons (Fsp3) is 0.143. The van der Waals surface area contributed by atoms with Gasteiger partial charge < -0.3 is 10.5 Å². The molecule has 0 saturated heterocycles. The molecule has 0 aliphatic carbocycles. The van der Waals surface area contributed by atoms with Crippen LogP contribution in [0.25, 0.3) is 0 Å². The lowest BCUT2D eigenvalue weighted by Gasteiger charge is -2.06. The number of benzene rings is 1. The number of nitrogen functional groups attached to an aromatic ring is 1. The van der Waals surface area contributed by atoms with Crippen LogP contribution in [-0.4, -0.2) is 17.6 Å². The summed E-state index contributed by atoms with van der Waals surface area (Å²) in [5, 5.41) is 0.351. The van der Waals surface area contributed by atoms with Crippen LogP contribution < -0.4 is 5.73 Å². The van der Waals surface area contributed by atoms with Crippen molar-refractivity contribution in [1.82, 2.24) is 4.98 Å². The Labute approximate surface area is 116 Å². The number of halogens is 1. The Hall–Kier alpha value is -2.07. The number of anilines is 1. The number of nitrogens with zero attached hydrogens (tertiary/aromatic N) is 1. The van der Waals surface area contributed by atoms with Gasteiger partial charge >= 0.3 is 5.97 Å². The van der Waals surface area contributed by atoms with Crippen LogP contribution in [-0.2, 0) is 11.2 Å². The number of rotatable bonds is 4. The number of ether oxygens (including phenoxy) is 1. The van der Waals surface area contributed by atoms with Crippen molar-refractivity contribution in [3.05, 3.63) is 58.9 Å². The van der Waals surface area contributed by atoms with Gasteiger partial charge in [-0.25, -0.2) is 4.79 Å². The third-order valence-corrected chi connectivity index (χ3v) is 2.94. The SMILES string of the molecule is Nc1ccc(C(=O)OCCc2ccncc2)cc1Cl. The van der Waals surface area contributed by atoms with E-state index >= 15 is 0 Å². The molecule has 0 fully saturated rings. The molecule has 1 aromatic carbocycles. The highest BCUT2D eigenvalue weighted by atomic mass is 35.5. The molecule has 0 aliphatic rings. The number of hydrogen-bond donors (Lipinski definition) is 1. The first-order valence-electron chi connectivity index (χ1n) is 5.78. The molecule has 0 saturated carbocycles. The summed E-state index contributed by atoms with van der Waals surface area (Å²) in [5.41, 5.74) is 7.48. The van der Waals surface area contributed by atoms with Crippen LogP contribution >= 0.6 is 11.6 Å². The fourth-order valence-electron chi connectivity index (χ4n) is 1.55. The van der Waals surface area contributed by atoms with Crippen LogP contribution in [0.4, 0.5) is 5.69 Å². The van der Waals surface area contributed by atoms with Crippen LogP contribution in [0.5, 0.6) is 0 Å². The molecular weight excluding hydrogens is 264 g/mol. The maximum absolute atomic E-state index is 11.8. The summed E-state index contributed by atoms with van der Waals surface area (Å²) >= 11 is 5.85. The summed E-state index contributed by atoms with van der Waals surface area (Å²) < 4.78 is 5.17. The highest BCUT2D eigenvalue weighted by Crippen LogP contribution is 2.20. The summed E-state index contributed by atoms with van der Waals surface area (Å²) in [6.07, 6.45) is 4.06. The number of carbonyl (C=O) groups excluding carboxylic acids is 1. The van der Waals surface area contributed by atoms with Gasteiger partial charge in [-0.1, -0.05) is 11.6 Å². The molecule has 4 nitrogen and oxygen atoms in total. The van der Waals surface area contributed by atoms with E-state index in [2.05, 4.69) is 4.98 Å². The second-order valence-corrected chi connectivity index (χ2v) is 4.38. The molecule has 2 rings (SSSR count). The van der Waals surface area contributed by atoms with Crippen molar-refractivity contribution in [3.63, 3.8) is 0 Å². The third kappa shape index (κ3) is 3.69. The molecule has 2 aromatic rings. The van der Waals surface area contributed by atoms with Crippen molar-refractivity contribution < 1.29 is 9.53 Å². The molecule has 0 unspecified atom stereocenters. The van der Waals surface area contributed by atoms with E-state index in [0.29, 0.717) is 29.3 Å². The summed E-state index contributed by atoms with van der Waals surface area (Å²) in [7, 11) is 0. The van der Waals surface area contributed by atoms with E-state index in [4.69, 9.17) is 22.1 Å². The maximum atomic E-state index is 11.8. The molecule has 2 N–H and O–H groups in total. The summed E-state index contributed by atoms with van der Waals surface area (Å²) in [4.78, 5) is 15.7. The number of esters is 1. The number of hydrogen-bond acceptors (Lipinski definition) is 4. The lowest BCUT2D eigenvalue weighted by atomic mass is 10.2. The Morgan fingerprint density at radius 1 is 1.26 bits per heavy atom. The van der Waals surface area contributed by atoms with E-state index in [1.54, 1.807) is 24.5 Å². The van der Waals surface area contributed by atoms with Crippen LogP contribution in [0.3, 0.4) is 0 Å². The van der Waals surface area contributed by atoms with Gasteiger partial charge in [0.2, 0.25) is 0 Å². The second kappa shape index (κ2) is 6.20. The van der Waals surface area contributed by atoms with Gasteiger partial charge in [0, 0.05) is 18.8 Å². The van der Waals surface area contributed by atoms with Gasteiger partial charge in [-0.15, -0.1) is 0 Å². The zero-order valence-electron chi connectivity index (χ0n) is 10.2. The van der Waals surface area contributed by atoms with Crippen LogP contribution in [0.2, 0.25) is 5.02 Å². The van der Waals surface area contributed by atoms with Gasteiger partial charge in [0.25, 0.3) is 0 Å². The standard InChI is InChI=1S/C14H13ClN2O2/c15-12-9-11(1-2-13(12)16)14(18)19-8-5-10-3-6-17-7-4-10/h1-4,6-7,9H,5,8,16H2. The average molecular weight is 277 g/mol. The maximum Gasteiger partial charge on any atom is 0.338 e. The minimum Gasteiger partial charge on any atom is -0.462 e. The Morgan fingerprint density at radius 3 is 2.68 bits per heavy atom. The lowest BCUT2D eigenvalue weighted by Crippen LogP contribution is -2.08. The van der Waals surface area contributed by atoms with Crippen LogP contribution in [0.15, 0.2) is 42.7 Å². The van der Waals surface area contributed by atoms with Crippen molar-refractivity contribution in [2.24, 2.45) is 0 Å². The fourth-order valence-corrected chi connectivity index (χ4v) is 1.73. The third-order valence-electron chi connectivity index (χ3n) is 2.61. The molecule has 0 spiro atoms. The molecule has 5 heteroatoms. The number of aromatic nitrogens is 1. The van der Waals surface area contributed by atoms with Crippen molar-refractivity contribution in [3.8, 4) is 0 Å². The van der Waals surface area contributed by atoms with Crippen LogP contribution in [0, 0.1) is 0 Å². The number of carbonyl (C=O) groups is 1. The zero-order valence-corrected chi connectivity index (χ0v) is 10.9. The predicted octanol–water partition coefficient (Wildman–Crippen LogP) is 2.72. The van der Waals surface area contributed by atoms with Crippen molar-refractivity contribution in [1.29, 1.82) is 0 Å². The highest BCUT2D eigenvalue weighted by molar-refractivity contribution is 6.33. The van der Waals surface area contributed by atoms with Gasteiger partial charge in [0.1, 0.15) is 0 Å². The normalized spacial score (nSPS) is 10.2. The smallest absolute Gasteiger partial charge is 0.338 e. The second-order valence-electron chi connectivity index (χ2n) is 3.98. The lowest BCUT2D eigenvalue weighted by molar-refractivity contribution is 0.0509. The molecule has 1 aromatic heterocycles. The van der Waals surface area contributed by atoms with Gasteiger partial charge in [-0.3, -0.25) is 4.98 Å². The predicted molar refractivity (Wildman–Crippen MR) is 74.1 cm³/mol. The van der Waals surface area contributed by atoms with E-state index in [1.165, 1.54) is 6.07 Å². The molecule has 1 heterocycles. The molecule has 0 bridgehead atoms. The molecular formula is C14H13ClN2O2. The van der Waals surface area contributed by atoms with E-state index in [-0.39, 0.29) is 0 Å². The topological polar surface area (TPSA) is 65.2 Å².